The summed E-state index contributed by atoms with van der Waals surface area (Å²) >= 11 is 0. The van der Waals surface area contributed by atoms with Gasteiger partial charge in [0, 0.05) is 28.9 Å². The molecule has 0 saturated carbocycles. The van der Waals surface area contributed by atoms with Crippen LogP contribution >= 0.6 is 0 Å². The summed E-state index contributed by atoms with van der Waals surface area (Å²) < 4.78 is 0. The Bertz CT molecular complexity index is 705. The van der Waals surface area contributed by atoms with Crippen molar-refractivity contribution in [2.24, 2.45) is 0 Å². The summed E-state index contributed by atoms with van der Waals surface area (Å²) in [6, 6.07) is 9.10. The molecule has 0 aliphatic rings. The first-order chi connectivity index (χ1) is 8.86. The van der Waals surface area contributed by atoms with Crippen LogP contribution in [0.1, 0.15) is 15.9 Å². The topological polar surface area (TPSA) is 55.7 Å². The number of hydrogen-bond donors (Lipinski definition) is 0. The van der Waals surface area contributed by atoms with Crippen molar-refractivity contribution in [3.8, 4) is 0 Å². The van der Waals surface area contributed by atoms with Gasteiger partial charge in [0.25, 0.3) is 0 Å². The summed E-state index contributed by atoms with van der Waals surface area (Å²) in [6.07, 6.45) is 6.42. The highest BCUT2D eigenvalue weighted by Gasteiger charge is 2.12. The quantitative estimate of drug-likeness (QED) is 0.639. The third-order valence-corrected chi connectivity index (χ3v) is 2.77. The lowest BCUT2D eigenvalue weighted by Gasteiger charge is -2.04. The van der Waals surface area contributed by atoms with E-state index in [9.17, 15) is 4.79 Å². The molecule has 1 aromatic carbocycles. The minimum atomic E-state index is -0.0540. The van der Waals surface area contributed by atoms with Gasteiger partial charge < -0.3 is 0 Å². The zero-order valence-corrected chi connectivity index (χ0v) is 9.45. The van der Waals surface area contributed by atoms with Crippen LogP contribution in [0.25, 0.3) is 10.8 Å². The van der Waals surface area contributed by atoms with Crippen molar-refractivity contribution >= 4 is 16.6 Å². The minimum absolute atomic E-state index is 0.0540. The number of pyridine rings is 1. The average Bonchev–Trinajstić information content (AvgIpc) is 2.47. The van der Waals surface area contributed by atoms with Crippen LogP contribution in [0.2, 0.25) is 0 Å². The van der Waals surface area contributed by atoms with Crippen LogP contribution in [0.3, 0.4) is 0 Å². The normalized spacial score (nSPS) is 10.4. The van der Waals surface area contributed by atoms with E-state index >= 15 is 0 Å². The number of ketones is 1. The highest BCUT2D eigenvalue weighted by atomic mass is 16.1. The predicted octanol–water partition coefficient (Wildman–Crippen LogP) is 2.26. The Balaban J connectivity index is 2.18. The summed E-state index contributed by atoms with van der Waals surface area (Å²) in [7, 11) is 0. The van der Waals surface area contributed by atoms with Gasteiger partial charge in [0.1, 0.15) is 0 Å². The Labute approximate surface area is 103 Å². The third-order valence-electron chi connectivity index (χ3n) is 2.77. The van der Waals surface area contributed by atoms with E-state index in [1.165, 1.54) is 12.4 Å². The highest BCUT2D eigenvalue weighted by molar-refractivity contribution is 6.16. The summed E-state index contributed by atoms with van der Waals surface area (Å²) in [5.74, 6) is -0.0540. The van der Waals surface area contributed by atoms with Gasteiger partial charge in [0.05, 0.1) is 12.4 Å². The number of fused-ring (bicyclic) bond motifs is 1. The van der Waals surface area contributed by atoms with Gasteiger partial charge in [-0.3, -0.25) is 9.78 Å². The first kappa shape index (κ1) is 10.5. The molecule has 3 aromatic rings. The summed E-state index contributed by atoms with van der Waals surface area (Å²) in [4.78, 5) is 16.4. The molecule has 0 atom stereocenters. The van der Waals surface area contributed by atoms with Crippen LogP contribution in [0.5, 0.6) is 0 Å². The molecule has 2 heterocycles. The maximum absolute atomic E-state index is 12.4. The van der Waals surface area contributed by atoms with E-state index in [0.29, 0.717) is 11.1 Å². The van der Waals surface area contributed by atoms with Crippen molar-refractivity contribution in [2.75, 3.05) is 0 Å². The van der Waals surface area contributed by atoms with E-state index in [-0.39, 0.29) is 5.78 Å². The lowest BCUT2D eigenvalue weighted by molar-refractivity contribution is 0.104. The van der Waals surface area contributed by atoms with Crippen LogP contribution in [-0.4, -0.2) is 21.0 Å². The number of hydrogen-bond acceptors (Lipinski definition) is 4. The molecule has 86 valence electrons. The fourth-order valence-electron chi connectivity index (χ4n) is 1.90. The molecule has 3 rings (SSSR count). The Kier molecular flexibility index (Phi) is 2.53. The Morgan fingerprint density at radius 1 is 0.944 bits per heavy atom. The third kappa shape index (κ3) is 1.73. The van der Waals surface area contributed by atoms with Crippen molar-refractivity contribution in [1.82, 2.24) is 15.2 Å². The van der Waals surface area contributed by atoms with E-state index in [0.717, 1.165) is 10.8 Å². The molecule has 4 nitrogen and oxygen atoms in total. The van der Waals surface area contributed by atoms with E-state index in [1.807, 2.05) is 24.3 Å². The molecule has 0 radical (unpaired) electrons. The van der Waals surface area contributed by atoms with E-state index < -0.39 is 0 Å². The second kappa shape index (κ2) is 4.33. The van der Waals surface area contributed by atoms with Crippen LogP contribution in [-0.2, 0) is 0 Å². The van der Waals surface area contributed by atoms with Gasteiger partial charge in [0.2, 0.25) is 0 Å². The SMILES string of the molecule is O=C(c1ccnnc1)c1cccc2cnccc12. The molecular weight excluding hydrogens is 226 g/mol. The van der Waals surface area contributed by atoms with Crippen LogP contribution < -0.4 is 0 Å². The van der Waals surface area contributed by atoms with Crippen molar-refractivity contribution in [3.63, 3.8) is 0 Å². The Morgan fingerprint density at radius 2 is 1.89 bits per heavy atom. The summed E-state index contributed by atoms with van der Waals surface area (Å²) in [6.45, 7) is 0. The highest BCUT2D eigenvalue weighted by Crippen LogP contribution is 2.20. The largest absolute Gasteiger partial charge is 0.289 e. The van der Waals surface area contributed by atoms with E-state index in [2.05, 4.69) is 15.2 Å². The molecule has 18 heavy (non-hydrogen) atoms. The van der Waals surface area contributed by atoms with Crippen LogP contribution in [0, 0.1) is 0 Å². The van der Waals surface area contributed by atoms with Crippen molar-refractivity contribution in [3.05, 3.63) is 66.2 Å². The average molecular weight is 235 g/mol. The van der Waals surface area contributed by atoms with Gasteiger partial charge in [-0.25, -0.2) is 0 Å². The van der Waals surface area contributed by atoms with Gasteiger partial charge in [-0.2, -0.15) is 10.2 Å². The summed E-state index contributed by atoms with van der Waals surface area (Å²) in [5, 5.41) is 9.25. The minimum Gasteiger partial charge on any atom is -0.289 e. The molecule has 0 bridgehead atoms. The Hall–Kier alpha value is -2.62. The lowest BCUT2D eigenvalue weighted by Crippen LogP contribution is -2.03. The second-order valence-corrected chi connectivity index (χ2v) is 3.86. The Morgan fingerprint density at radius 3 is 2.72 bits per heavy atom. The maximum Gasteiger partial charge on any atom is 0.195 e. The number of carbonyl (C=O) groups is 1. The molecule has 0 fully saturated rings. The van der Waals surface area contributed by atoms with Gasteiger partial charge >= 0.3 is 0 Å². The van der Waals surface area contributed by atoms with E-state index in [4.69, 9.17) is 0 Å². The van der Waals surface area contributed by atoms with Crippen LogP contribution in [0.4, 0.5) is 0 Å². The molecule has 0 amide bonds. The molecule has 0 N–H and O–H groups in total. The number of rotatable bonds is 2. The van der Waals surface area contributed by atoms with Gasteiger partial charge in [-0.05, 0) is 17.5 Å². The van der Waals surface area contributed by atoms with Crippen molar-refractivity contribution in [2.45, 2.75) is 0 Å². The number of carbonyl (C=O) groups excluding carboxylic acids is 1. The maximum atomic E-state index is 12.4. The number of benzene rings is 1. The molecule has 0 aliphatic heterocycles. The fourth-order valence-corrected chi connectivity index (χ4v) is 1.90. The van der Waals surface area contributed by atoms with Gasteiger partial charge in [-0.1, -0.05) is 18.2 Å². The number of aromatic nitrogens is 3. The van der Waals surface area contributed by atoms with Gasteiger partial charge in [-0.15, -0.1) is 0 Å². The first-order valence-electron chi connectivity index (χ1n) is 5.50. The monoisotopic (exact) mass is 235 g/mol. The van der Waals surface area contributed by atoms with Crippen molar-refractivity contribution in [1.29, 1.82) is 0 Å². The predicted molar refractivity (Wildman–Crippen MR) is 67.2 cm³/mol. The zero-order valence-electron chi connectivity index (χ0n) is 9.45. The molecular formula is C14H9N3O. The van der Waals surface area contributed by atoms with Crippen LogP contribution in [0.15, 0.2) is 55.1 Å². The number of nitrogens with zero attached hydrogens (tertiary/aromatic N) is 3. The molecule has 0 spiro atoms. The van der Waals surface area contributed by atoms with E-state index in [1.54, 1.807) is 18.5 Å². The van der Waals surface area contributed by atoms with Gasteiger partial charge in [0.15, 0.2) is 5.78 Å². The first-order valence-corrected chi connectivity index (χ1v) is 5.50. The zero-order chi connectivity index (χ0) is 12.4. The summed E-state index contributed by atoms with van der Waals surface area (Å²) in [5.41, 5.74) is 1.19. The fraction of sp³-hybridized carbons (Fsp3) is 0. The molecule has 0 saturated heterocycles. The lowest BCUT2D eigenvalue weighted by atomic mass is 10.00. The molecule has 0 aliphatic carbocycles. The molecule has 0 unspecified atom stereocenters. The molecule has 4 heteroatoms. The second-order valence-electron chi connectivity index (χ2n) is 3.86. The standard InChI is InChI=1S/C14H9N3O/c18-14(11-4-7-16-17-9-11)13-3-1-2-10-8-15-6-5-12(10)13/h1-9H. The van der Waals surface area contributed by atoms with Crippen molar-refractivity contribution < 1.29 is 4.79 Å². The molecule has 2 aromatic heterocycles. The smallest absolute Gasteiger partial charge is 0.195 e.